The quantitative estimate of drug-likeness (QED) is 0.181. The summed E-state index contributed by atoms with van der Waals surface area (Å²) >= 11 is 0. The second-order valence-electron chi connectivity index (χ2n) is 13.8. The highest BCUT2D eigenvalue weighted by atomic mass is 16.3. The molecule has 0 aliphatic rings. The summed E-state index contributed by atoms with van der Waals surface area (Å²) in [6.07, 6.45) is 0. The second kappa shape index (κ2) is 11.7. The molecule has 0 spiro atoms. The smallest absolute Gasteiger partial charge is 0.137 e. The Hall–Kier alpha value is -7.10. The van der Waals surface area contributed by atoms with Crippen LogP contribution in [-0.2, 0) is 0 Å². The maximum atomic E-state index is 6.37. The molecule has 3 heteroatoms. The zero-order valence-electron chi connectivity index (χ0n) is 28.8. The molecular formula is C50H32N2O. The lowest BCUT2D eigenvalue weighted by atomic mass is 10.0. The summed E-state index contributed by atoms with van der Waals surface area (Å²) in [5.41, 5.74) is 10.9. The van der Waals surface area contributed by atoms with Crippen LogP contribution in [0.2, 0.25) is 0 Å². The normalized spacial score (nSPS) is 11.8. The molecule has 0 radical (unpaired) electrons. The predicted molar refractivity (Wildman–Crippen MR) is 223 cm³/mol. The molecule has 0 fully saturated rings. The highest BCUT2D eigenvalue weighted by Gasteiger charge is 2.18. The molecule has 9 aromatic carbocycles. The first-order chi connectivity index (χ1) is 26.2. The highest BCUT2D eigenvalue weighted by Crippen LogP contribution is 2.41. The van der Waals surface area contributed by atoms with Gasteiger partial charge < -0.3 is 13.9 Å². The number of rotatable bonds is 5. The van der Waals surface area contributed by atoms with Crippen LogP contribution in [-0.4, -0.2) is 4.57 Å². The van der Waals surface area contributed by atoms with Crippen molar-refractivity contribution in [2.75, 3.05) is 4.90 Å². The highest BCUT2D eigenvalue weighted by molar-refractivity contribution is 6.14. The summed E-state index contributed by atoms with van der Waals surface area (Å²) in [6, 6.07) is 69.8. The van der Waals surface area contributed by atoms with E-state index in [9.17, 15) is 0 Å². The lowest BCUT2D eigenvalue weighted by Crippen LogP contribution is -2.09. The molecule has 0 amide bonds. The fourth-order valence-electron chi connectivity index (χ4n) is 8.17. The molecule has 0 aliphatic heterocycles. The first-order valence-electron chi connectivity index (χ1n) is 18.1. The summed E-state index contributed by atoms with van der Waals surface area (Å²) in [5, 5.41) is 9.64. The summed E-state index contributed by atoms with van der Waals surface area (Å²) in [5.74, 6) is 0. The molecule has 0 saturated carbocycles. The van der Waals surface area contributed by atoms with Gasteiger partial charge in [0.05, 0.1) is 11.0 Å². The van der Waals surface area contributed by atoms with Crippen LogP contribution in [0.1, 0.15) is 0 Å². The Morgan fingerprint density at radius 2 is 0.943 bits per heavy atom. The van der Waals surface area contributed by atoms with E-state index in [4.69, 9.17) is 4.42 Å². The Balaban J connectivity index is 1.05. The summed E-state index contributed by atoms with van der Waals surface area (Å²) in [4.78, 5) is 2.33. The molecule has 11 rings (SSSR count). The molecule has 2 heterocycles. The fraction of sp³-hybridized carbons (Fsp3) is 0. The molecular weight excluding hydrogens is 645 g/mol. The van der Waals surface area contributed by atoms with Crippen LogP contribution in [0.3, 0.4) is 0 Å². The Bertz CT molecular complexity index is 3170. The number of para-hydroxylation sites is 2. The number of aromatic nitrogens is 1. The van der Waals surface area contributed by atoms with Crippen molar-refractivity contribution in [3.05, 3.63) is 194 Å². The lowest BCUT2D eigenvalue weighted by Gasteiger charge is -2.26. The Morgan fingerprint density at radius 1 is 0.340 bits per heavy atom. The van der Waals surface area contributed by atoms with Gasteiger partial charge >= 0.3 is 0 Å². The predicted octanol–water partition coefficient (Wildman–Crippen LogP) is 14.1. The Labute approximate surface area is 306 Å². The van der Waals surface area contributed by atoms with Crippen LogP contribution in [0.25, 0.3) is 82.1 Å². The number of anilines is 3. The van der Waals surface area contributed by atoms with Crippen molar-refractivity contribution in [3.63, 3.8) is 0 Å². The van der Waals surface area contributed by atoms with E-state index >= 15 is 0 Å². The van der Waals surface area contributed by atoms with E-state index in [0.29, 0.717) is 0 Å². The number of nitrogens with zero attached hydrogens (tertiary/aromatic N) is 2. The molecule has 0 aliphatic carbocycles. The molecule has 11 aromatic rings. The number of hydrogen-bond acceptors (Lipinski definition) is 2. The zero-order valence-corrected chi connectivity index (χ0v) is 28.8. The van der Waals surface area contributed by atoms with Crippen LogP contribution < -0.4 is 4.90 Å². The SMILES string of the molecule is c1ccc(-c2ccc(N(c3ccc4cc(-n5c6ccccc6c6cc7ccccc7cc65)ccc4c3)c3ccc4c(c3)oc3ccccc34)cc2)cc1. The molecule has 0 saturated heterocycles. The summed E-state index contributed by atoms with van der Waals surface area (Å²) < 4.78 is 8.78. The standard InChI is InChI=1S/C50H32N2O/c1-2-10-33(11-3-1)34-18-22-39(23-19-34)51(42-26-27-45-44-15-7-9-17-49(44)53-50(45)32-42)40-24-20-38-29-41(25-21-37(38)28-40)52-47-16-8-6-14-43(47)46-30-35-12-4-5-13-36(35)31-48(46)52/h1-32H. The fourth-order valence-corrected chi connectivity index (χ4v) is 8.17. The molecule has 53 heavy (non-hydrogen) atoms. The number of benzene rings is 9. The minimum absolute atomic E-state index is 0.874. The molecule has 0 unspecified atom stereocenters. The van der Waals surface area contributed by atoms with Crippen LogP contribution in [0.4, 0.5) is 17.1 Å². The third-order valence-corrected chi connectivity index (χ3v) is 10.7. The van der Waals surface area contributed by atoms with Gasteiger partial charge in [0.2, 0.25) is 0 Å². The van der Waals surface area contributed by atoms with Gasteiger partial charge in [0.25, 0.3) is 0 Å². The van der Waals surface area contributed by atoms with Crippen LogP contribution in [0, 0.1) is 0 Å². The van der Waals surface area contributed by atoms with Gasteiger partial charge in [0, 0.05) is 50.4 Å². The minimum atomic E-state index is 0.874. The summed E-state index contributed by atoms with van der Waals surface area (Å²) in [6.45, 7) is 0. The second-order valence-corrected chi connectivity index (χ2v) is 13.8. The van der Waals surface area contributed by atoms with Crippen LogP contribution in [0.15, 0.2) is 199 Å². The van der Waals surface area contributed by atoms with Crippen molar-refractivity contribution < 1.29 is 4.42 Å². The first-order valence-corrected chi connectivity index (χ1v) is 18.1. The van der Waals surface area contributed by atoms with Gasteiger partial charge in [-0.1, -0.05) is 115 Å². The monoisotopic (exact) mass is 676 g/mol. The average molecular weight is 677 g/mol. The number of fused-ring (bicyclic) bond motifs is 8. The topological polar surface area (TPSA) is 21.3 Å². The molecule has 0 atom stereocenters. The van der Waals surface area contributed by atoms with E-state index in [1.165, 1.54) is 54.5 Å². The van der Waals surface area contributed by atoms with Gasteiger partial charge in [-0.2, -0.15) is 0 Å². The van der Waals surface area contributed by atoms with Crippen molar-refractivity contribution in [2.24, 2.45) is 0 Å². The Kier molecular flexibility index (Phi) is 6.55. The maximum Gasteiger partial charge on any atom is 0.137 e. The average Bonchev–Trinajstić information content (AvgIpc) is 3.75. The molecule has 3 nitrogen and oxygen atoms in total. The van der Waals surface area contributed by atoms with E-state index in [1.807, 2.05) is 12.1 Å². The first kappa shape index (κ1) is 29.6. The van der Waals surface area contributed by atoms with E-state index in [2.05, 4.69) is 191 Å². The minimum Gasteiger partial charge on any atom is -0.456 e. The summed E-state index contributed by atoms with van der Waals surface area (Å²) in [7, 11) is 0. The van der Waals surface area contributed by atoms with Crippen molar-refractivity contribution >= 4 is 82.4 Å². The zero-order chi connectivity index (χ0) is 34.9. The largest absolute Gasteiger partial charge is 0.456 e. The lowest BCUT2D eigenvalue weighted by molar-refractivity contribution is 0.669. The third kappa shape index (κ3) is 4.82. The van der Waals surface area contributed by atoms with Crippen LogP contribution >= 0.6 is 0 Å². The van der Waals surface area contributed by atoms with Gasteiger partial charge in [-0.15, -0.1) is 0 Å². The van der Waals surface area contributed by atoms with E-state index < -0.39 is 0 Å². The Morgan fingerprint density at radius 3 is 1.81 bits per heavy atom. The van der Waals surface area contributed by atoms with E-state index in [0.717, 1.165) is 44.7 Å². The van der Waals surface area contributed by atoms with Gasteiger partial charge in [0.15, 0.2) is 0 Å². The third-order valence-electron chi connectivity index (χ3n) is 10.7. The number of furan rings is 1. The van der Waals surface area contributed by atoms with Gasteiger partial charge in [-0.25, -0.2) is 0 Å². The molecule has 248 valence electrons. The molecule has 0 N–H and O–H groups in total. The van der Waals surface area contributed by atoms with Crippen molar-refractivity contribution in [1.82, 2.24) is 4.57 Å². The van der Waals surface area contributed by atoms with E-state index in [-0.39, 0.29) is 0 Å². The van der Waals surface area contributed by atoms with Gasteiger partial charge in [-0.05, 0) is 105 Å². The van der Waals surface area contributed by atoms with Crippen molar-refractivity contribution in [3.8, 4) is 16.8 Å². The molecule has 2 aromatic heterocycles. The van der Waals surface area contributed by atoms with Crippen LogP contribution in [0.5, 0.6) is 0 Å². The van der Waals surface area contributed by atoms with Crippen molar-refractivity contribution in [2.45, 2.75) is 0 Å². The van der Waals surface area contributed by atoms with Crippen molar-refractivity contribution in [1.29, 1.82) is 0 Å². The van der Waals surface area contributed by atoms with E-state index in [1.54, 1.807) is 0 Å². The molecule has 0 bridgehead atoms. The maximum absolute atomic E-state index is 6.37. The number of hydrogen-bond donors (Lipinski definition) is 0. The van der Waals surface area contributed by atoms with Gasteiger partial charge in [-0.3, -0.25) is 0 Å². The van der Waals surface area contributed by atoms with Gasteiger partial charge in [0.1, 0.15) is 11.2 Å².